The number of pyridine rings is 1. The molecule has 1 N–H and O–H groups in total. The third-order valence-corrected chi connectivity index (χ3v) is 4.49. The SMILES string of the molecule is O=C1/C(=C/c2ccncc2)C(c2cccc(Cl)c2)Nc2ccccc21. The second kappa shape index (κ2) is 6.54. The minimum Gasteiger partial charge on any atom is -0.373 e. The number of fused-ring (bicyclic) bond motifs is 1. The van der Waals surface area contributed by atoms with Gasteiger partial charge in [0.15, 0.2) is 5.78 Å². The van der Waals surface area contributed by atoms with E-state index >= 15 is 0 Å². The smallest absolute Gasteiger partial charge is 0.193 e. The topological polar surface area (TPSA) is 42.0 Å². The third-order valence-electron chi connectivity index (χ3n) is 4.26. The maximum Gasteiger partial charge on any atom is 0.193 e. The lowest BCUT2D eigenvalue weighted by atomic mass is 9.86. The van der Waals surface area contributed by atoms with Crippen LogP contribution in [0.25, 0.3) is 6.08 Å². The number of hydrogen-bond donors (Lipinski definition) is 1. The van der Waals surface area contributed by atoms with Gasteiger partial charge in [-0.15, -0.1) is 0 Å². The summed E-state index contributed by atoms with van der Waals surface area (Å²) >= 11 is 6.17. The highest BCUT2D eigenvalue weighted by atomic mass is 35.5. The van der Waals surface area contributed by atoms with E-state index in [2.05, 4.69) is 10.3 Å². The Morgan fingerprint density at radius 2 is 1.80 bits per heavy atom. The molecule has 4 rings (SSSR count). The fraction of sp³-hybridized carbons (Fsp3) is 0.0476. The Morgan fingerprint density at radius 1 is 1.00 bits per heavy atom. The standard InChI is InChI=1S/C21H15ClN2O/c22-16-5-3-4-15(13-16)20-18(12-14-8-10-23-11-9-14)21(25)17-6-1-2-7-19(17)24-20/h1-13,20,24H/b18-12+. The summed E-state index contributed by atoms with van der Waals surface area (Å²) in [4.78, 5) is 17.2. The van der Waals surface area contributed by atoms with Crippen LogP contribution in [0.15, 0.2) is 78.6 Å². The number of halogens is 1. The van der Waals surface area contributed by atoms with Crippen molar-refractivity contribution in [3.63, 3.8) is 0 Å². The first kappa shape index (κ1) is 15.6. The fourth-order valence-electron chi connectivity index (χ4n) is 3.06. The number of aromatic nitrogens is 1. The van der Waals surface area contributed by atoms with Crippen molar-refractivity contribution in [2.45, 2.75) is 6.04 Å². The van der Waals surface area contributed by atoms with Crippen molar-refractivity contribution >= 4 is 29.1 Å². The number of benzene rings is 2. The molecule has 1 aromatic heterocycles. The van der Waals surface area contributed by atoms with Crippen molar-refractivity contribution in [2.75, 3.05) is 5.32 Å². The van der Waals surface area contributed by atoms with Crippen LogP contribution in [0.3, 0.4) is 0 Å². The Bertz CT molecular complexity index is 966. The van der Waals surface area contributed by atoms with Gasteiger partial charge >= 0.3 is 0 Å². The van der Waals surface area contributed by atoms with E-state index in [9.17, 15) is 4.79 Å². The molecule has 3 aromatic rings. The van der Waals surface area contributed by atoms with E-state index in [1.165, 1.54) is 0 Å². The van der Waals surface area contributed by atoms with Crippen LogP contribution in [-0.4, -0.2) is 10.8 Å². The quantitative estimate of drug-likeness (QED) is 0.651. The van der Waals surface area contributed by atoms with Crippen LogP contribution in [0.4, 0.5) is 5.69 Å². The molecule has 0 fully saturated rings. The largest absolute Gasteiger partial charge is 0.373 e. The van der Waals surface area contributed by atoms with Crippen molar-refractivity contribution in [1.82, 2.24) is 4.98 Å². The van der Waals surface area contributed by atoms with E-state index in [1.807, 2.05) is 66.7 Å². The van der Waals surface area contributed by atoms with E-state index in [0.717, 1.165) is 16.8 Å². The van der Waals surface area contributed by atoms with E-state index < -0.39 is 0 Å². The summed E-state index contributed by atoms with van der Waals surface area (Å²) in [5.41, 5.74) is 4.10. The van der Waals surface area contributed by atoms with Gasteiger partial charge in [-0.25, -0.2) is 0 Å². The van der Waals surface area contributed by atoms with Gasteiger partial charge in [-0.3, -0.25) is 9.78 Å². The van der Waals surface area contributed by atoms with Gasteiger partial charge < -0.3 is 5.32 Å². The van der Waals surface area contributed by atoms with Crippen LogP contribution in [0, 0.1) is 0 Å². The molecule has 0 aliphatic carbocycles. The Kier molecular flexibility index (Phi) is 4.08. The normalized spacial score (nSPS) is 17.9. The molecule has 0 spiro atoms. The average molecular weight is 347 g/mol. The van der Waals surface area contributed by atoms with Crippen LogP contribution in [0.1, 0.15) is 27.5 Å². The first-order valence-corrected chi connectivity index (χ1v) is 8.37. The summed E-state index contributed by atoms with van der Waals surface area (Å²) in [6.45, 7) is 0. The minimum atomic E-state index is -0.255. The summed E-state index contributed by atoms with van der Waals surface area (Å²) in [7, 11) is 0. The molecule has 0 saturated heterocycles. The molecular weight excluding hydrogens is 332 g/mol. The number of nitrogens with one attached hydrogen (secondary N) is 1. The second-order valence-electron chi connectivity index (χ2n) is 5.89. The number of anilines is 1. The van der Waals surface area contributed by atoms with Crippen molar-refractivity contribution < 1.29 is 4.79 Å². The van der Waals surface area contributed by atoms with E-state index in [1.54, 1.807) is 12.4 Å². The Hall–Kier alpha value is -2.91. The first-order valence-electron chi connectivity index (χ1n) is 8.00. The molecule has 0 radical (unpaired) electrons. The molecule has 4 heteroatoms. The van der Waals surface area contributed by atoms with Gasteiger partial charge in [0.2, 0.25) is 0 Å². The van der Waals surface area contributed by atoms with Crippen molar-refractivity contribution in [3.05, 3.63) is 100 Å². The van der Waals surface area contributed by atoms with Gasteiger partial charge in [0.05, 0.1) is 6.04 Å². The highest BCUT2D eigenvalue weighted by Crippen LogP contribution is 2.37. The van der Waals surface area contributed by atoms with Gasteiger partial charge in [0, 0.05) is 34.2 Å². The number of carbonyl (C=O) groups excluding carboxylic acids is 1. The predicted molar refractivity (Wildman–Crippen MR) is 101 cm³/mol. The van der Waals surface area contributed by atoms with E-state index in [0.29, 0.717) is 16.2 Å². The first-order chi connectivity index (χ1) is 12.2. The van der Waals surface area contributed by atoms with Crippen LogP contribution >= 0.6 is 11.6 Å². The highest BCUT2D eigenvalue weighted by Gasteiger charge is 2.30. The van der Waals surface area contributed by atoms with Crippen LogP contribution < -0.4 is 5.32 Å². The summed E-state index contributed by atoms with van der Waals surface area (Å²) < 4.78 is 0. The van der Waals surface area contributed by atoms with Crippen LogP contribution in [-0.2, 0) is 0 Å². The Morgan fingerprint density at radius 3 is 2.60 bits per heavy atom. The van der Waals surface area contributed by atoms with Gasteiger partial charge in [0.25, 0.3) is 0 Å². The zero-order valence-electron chi connectivity index (χ0n) is 13.3. The molecular formula is C21H15ClN2O. The number of ketones is 1. The molecule has 1 atom stereocenters. The molecule has 2 heterocycles. The lowest BCUT2D eigenvalue weighted by molar-refractivity contribution is 0.102. The molecule has 1 aliphatic heterocycles. The number of nitrogens with zero attached hydrogens (tertiary/aromatic N) is 1. The molecule has 0 bridgehead atoms. The van der Waals surface area contributed by atoms with Gasteiger partial charge in [-0.2, -0.15) is 0 Å². The Labute approximate surface area is 151 Å². The third kappa shape index (κ3) is 3.06. The molecule has 0 saturated carbocycles. The number of Topliss-reactive ketones (excluding diaryl/α,β-unsaturated/α-hetero) is 1. The Balaban J connectivity index is 1.87. The predicted octanol–water partition coefficient (Wildman–Crippen LogP) is 5.17. The van der Waals surface area contributed by atoms with Gasteiger partial charge in [-0.05, 0) is 53.6 Å². The summed E-state index contributed by atoms with van der Waals surface area (Å²) in [5.74, 6) is 0.0242. The van der Waals surface area contributed by atoms with Crippen LogP contribution in [0.5, 0.6) is 0 Å². The zero-order chi connectivity index (χ0) is 17.2. The lowest BCUT2D eigenvalue weighted by Crippen LogP contribution is -2.26. The molecule has 25 heavy (non-hydrogen) atoms. The lowest BCUT2D eigenvalue weighted by Gasteiger charge is -2.29. The fourth-order valence-corrected chi connectivity index (χ4v) is 3.26. The zero-order valence-corrected chi connectivity index (χ0v) is 14.1. The van der Waals surface area contributed by atoms with Crippen LogP contribution in [0.2, 0.25) is 5.02 Å². The second-order valence-corrected chi connectivity index (χ2v) is 6.32. The number of rotatable bonds is 2. The van der Waals surface area contributed by atoms with Crippen molar-refractivity contribution in [3.8, 4) is 0 Å². The van der Waals surface area contributed by atoms with Gasteiger partial charge in [0.1, 0.15) is 0 Å². The van der Waals surface area contributed by atoms with E-state index in [-0.39, 0.29) is 11.8 Å². The monoisotopic (exact) mass is 346 g/mol. The molecule has 1 aliphatic rings. The number of hydrogen-bond acceptors (Lipinski definition) is 3. The van der Waals surface area contributed by atoms with E-state index in [4.69, 9.17) is 11.6 Å². The number of carbonyl (C=O) groups is 1. The summed E-state index contributed by atoms with van der Waals surface area (Å²) in [6.07, 6.45) is 5.35. The maximum absolute atomic E-state index is 13.1. The average Bonchev–Trinajstić information content (AvgIpc) is 2.65. The highest BCUT2D eigenvalue weighted by molar-refractivity contribution is 6.30. The number of para-hydroxylation sites is 1. The summed E-state index contributed by atoms with van der Waals surface area (Å²) in [5, 5.41) is 4.12. The van der Waals surface area contributed by atoms with Crippen molar-refractivity contribution in [2.24, 2.45) is 0 Å². The minimum absolute atomic E-state index is 0.0242. The molecule has 122 valence electrons. The molecule has 2 aromatic carbocycles. The molecule has 3 nitrogen and oxygen atoms in total. The molecule has 0 amide bonds. The molecule has 1 unspecified atom stereocenters. The maximum atomic E-state index is 13.1. The summed E-state index contributed by atoms with van der Waals surface area (Å²) in [6, 6.07) is 18.7. The van der Waals surface area contributed by atoms with Crippen molar-refractivity contribution in [1.29, 1.82) is 0 Å². The van der Waals surface area contributed by atoms with Gasteiger partial charge in [-0.1, -0.05) is 35.9 Å².